The average Bonchev–Trinajstić information content (AvgIpc) is 3.59. The molecule has 0 atom stereocenters. The summed E-state index contributed by atoms with van der Waals surface area (Å²) in [6, 6.07) is 16.7. The minimum Gasteiger partial charge on any atom is -0.456 e. The maximum atomic E-state index is 9.23. The molecule has 0 unspecified atom stereocenters. The second kappa shape index (κ2) is 9.44. The van der Waals surface area contributed by atoms with Gasteiger partial charge in [-0.3, -0.25) is 0 Å². The summed E-state index contributed by atoms with van der Waals surface area (Å²) in [6.07, 6.45) is 0. The highest BCUT2D eigenvalue weighted by Gasteiger charge is 2.19. The van der Waals surface area contributed by atoms with Gasteiger partial charge in [0.2, 0.25) is 0 Å². The molecule has 1 nitrogen and oxygen atoms in total. The quantitative estimate of drug-likeness (QED) is 0.196. The molecule has 9 rings (SSSR count). The molecular weight excluding hydrogens is 520 g/mol. The van der Waals surface area contributed by atoms with Crippen LogP contribution in [0, 0.1) is 0 Å². The van der Waals surface area contributed by atoms with Crippen LogP contribution in [-0.2, 0) is 0 Å². The normalized spacial score (nSPS) is 16.0. The molecule has 1 heteroatoms. The second-order valence-corrected chi connectivity index (χ2v) is 10.3. The fourth-order valence-corrected chi connectivity index (χ4v) is 6.20. The number of fused-ring (bicyclic) bond motifs is 6. The molecule has 0 aliphatic carbocycles. The van der Waals surface area contributed by atoms with E-state index >= 15 is 0 Å². The third kappa shape index (κ3) is 3.65. The van der Waals surface area contributed by atoms with Gasteiger partial charge in [0, 0.05) is 10.8 Å². The van der Waals surface area contributed by atoms with Gasteiger partial charge in [0.05, 0.1) is 17.8 Å². The van der Waals surface area contributed by atoms with E-state index in [1.165, 1.54) is 0 Å². The zero-order valence-electron chi connectivity index (χ0n) is 35.4. The first-order valence-corrected chi connectivity index (χ1v) is 13.7. The molecule has 0 radical (unpaired) electrons. The Hall–Kier alpha value is -5.66. The molecule has 200 valence electrons. The zero-order chi connectivity index (χ0) is 39.6. The molecule has 1 aromatic heterocycles. The van der Waals surface area contributed by atoms with Gasteiger partial charge in [-0.25, -0.2) is 0 Å². The Kier molecular flexibility index (Phi) is 3.18. The summed E-state index contributed by atoms with van der Waals surface area (Å²) in [6.45, 7) is 0. The monoisotopic (exact) mass is 559 g/mol. The lowest BCUT2D eigenvalue weighted by Crippen LogP contribution is -1.90. The maximum Gasteiger partial charge on any atom is 0.136 e. The minimum absolute atomic E-state index is 0.0433. The SMILES string of the molecule is [2H]c1c([2H])c([2H])c(-c2c3c([2H])c([2H])c([2H])c([2H])c3c(-c3ccc4c(c3)oc3cccc(-c5cccc6ccccc56)c34)c3c([2H])c([2H])c([2H])c([2H])c23)c([2H])c1[2H]. The van der Waals surface area contributed by atoms with E-state index in [-0.39, 0.29) is 32.7 Å². The molecule has 8 aromatic carbocycles. The third-order valence-corrected chi connectivity index (χ3v) is 7.99. The van der Waals surface area contributed by atoms with Crippen molar-refractivity contribution in [3.05, 3.63) is 157 Å². The molecule has 0 spiro atoms. The predicted octanol–water partition coefficient (Wildman–Crippen LogP) is 12.0. The molecule has 0 amide bonds. The number of hydrogen-bond donors (Lipinski definition) is 0. The van der Waals surface area contributed by atoms with Crippen LogP contribution in [0.15, 0.2) is 162 Å². The minimum atomic E-state index is -0.716. The van der Waals surface area contributed by atoms with Crippen molar-refractivity contribution in [2.75, 3.05) is 0 Å². The van der Waals surface area contributed by atoms with E-state index in [4.69, 9.17) is 16.8 Å². The molecule has 0 aliphatic rings. The van der Waals surface area contributed by atoms with Crippen LogP contribution in [0.3, 0.4) is 0 Å². The van der Waals surface area contributed by atoms with Crippen molar-refractivity contribution in [3.8, 4) is 33.4 Å². The standard InChI is InChI=1S/C42H26O/c1-2-13-28(14-3-1)40-33-17-6-8-19-35(33)41(36-20-9-7-18-34(36)40)29-24-25-37-39(26-29)43-38-23-11-22-32(42(37)38)31-21-10-15-27-12-4-5-16-30(27)31/h1-26H/i1D,2D,3D,6D,7D,8D,9D,13D,14D,17D,18D,19D,20D. The number of benzene rings is 8. The third-order valence-electron chi connectivity index (χ3n) is 7.99. The summed E-state index contributed by atoms with van der Waals surface area (Å²) >= 11 is 0. The summed E-state index contributed by atoms with van der Waals surface area (Å²) in [5, 5.41) is 2.87. The molecule has 0 saturated carbocycles. The van der Waals surface area contributed by atoms with Gasteiger partial charge in [0.1, 0.15) is 11.2 Å². The van der Waals surface area contributed by atoms with Gasteiger partial charge >= 0.3 is 0 Å². The van der Waals surface area contributed by atoms with Crippen LogP contribution in [0.4, 0.5) is 0 Å². The first kappa shape index (κ1) is 14.5. The van der Waals surface area contributed by atoms with Crippen molar-refractivity contribution < 1.29 is 22.2 Å². The van der Waals surface area contributed by atoms with Crippen LogP contribution in [0.1, 0.15) is 17.8 Å². The summed E-state index contributed by atoms with van der Waals surface area (Å²) in [5.41, 5.74) is 2.48. The van der Waals surface area contributed by atoms with E-state index in [0.717, 1.165) is 32.7 Å². The highest BCUT2D eigenvalue weighted by atomic mass is 16.3. The molecule has 1 heterocycles. The molecule has 0 saturated heterocycles. The van der Waals surface area contributed by atoms with E-state index < -0.39 is 84.1 Å². The van der Waals surface area contributed by atoms with Gasteiger partial charge in [0.15, 0.2) is 0 Å². The summed E-state index contributed by atoms with van der Waals surface area (Å²) in [4.78, 5) is 0. The van der Waals surface area contributed by atoms with Crippen molar-refractivity contribution in [1.82, 2.24) is 0 Å². The van der Waals surface area contributed by atoms with Crippen LogP contribution in [0.25, 0.3) is 87.6 Å². The van der Waals surface area contributed by atoms with E-state index in [1.807, 2.05) is 60.7 Å². The topological polar surface area (TPSA) is 13.1 Å². The number of furan rings is 1. The van der Waals surface area contributed by atoms with Crippen LogP contribution in [-0.4, -0.2) is 0 Å². The molecular formula is C42H26O. The smallest absolute Gasteiger partial charge is 0.136 e. The van der Waals surface area contributed by atoms with Crippen molar-refractivity contribution in [1.29, 1.82) is 0 Å². The Morgan fingerprint density at radius 2 is 1.02 bits per heavy atom. The lowest BCUT2D eigenvalue weighted by Gasteiger charge is -2.17. The molecule has 0 fully saturated rings. The summed E-state index contributed by atoms with van der Waals surface area (Å²) in [7, 11) is 0. The molecule has 43 heavy (non-hydrogen) atoms. The van der Waals surface area contributed by atoms with E-state index in [1.54, 1.807) is 12.1 Å². The van der Waals surface area contributed by atoms with Gasteiger partial charge in [-0.15, -0.1) is 0 Å². The van der Waals surface area contributed by atoms with Gasteiger partial charge in [0.25, 0.3) is 0 Å². The van der Waals surface area contributed by atoms with Crippen LogP contribution in [0.2, 0.25) is 0 Å². The summed E-state index contributed by atoms with van der Waals surface area (Å²) in [5.74, 6) is 0. The van der Waals surface area contributed by atoms with Crippen molar-refractivity contribution >= 4 is 54.3 Å². The first-order chi connectivity index (χ1) is 26.7. The van der Waals surface area contributed by atoms with Crippen molar-refractivity contribution in [3.63, 3.8) is 0 Å². The van der Waals surface area contributed by atoms with Gasteiger partial charge < -0.3 is 4.42 Å². The van der Waals surface area contributed by atoms with E-state index in [2.05, 4.69) is 6.07 Å². The second-order valence-electron chi connectivity index (χ2n) is 10.3. The Morgan fingerprint density at radius 1 is 0.419 bits per heavy atom. The molecule has 0 bridgehead atoms. The van der Waals surface area contributed by atoms with Crippen molar-refractivity contribution in [2.45, 2.75) is 0 Å². The van der Waals surface area contributed by atoms with Gasteiger partial charge in [-0.2, -0.15) is 0 Å². The fraction of sp³-hybridized carbons (Fsp3) is 0. The number of hydrogen-bond acceptors (Lipinski definition) is 1. The van der Waals surface area contributed by atoms with Crippen molar-refractivity contribution in [2.24, 2.45) is 0 Å². The Bertz CT molecular complexity index is 3130. The lowest BCUT2D eigenvalue weighted by molar-refractivity contribution is 0.669. The lowest BCUT2D eigenvalue weighted by atomic mass is 9.86. The zero-order valence-corrected chi connectivity index (χ0v) is 22.4. The Morgan fingerprint density at radius 3 is 1.77 bits per heavy atom. The molecule has 0 N–H and O–H groups in total. The van der Waals surface area contributed by atoms with E-state index in [0.29, 0.717) is 16.7 Å². The van der Waals surface area contributed by atoms with Gasteiger partial charge in [-0.05, 0) is 83.9 Å². The number of rotatable bonds is 3. The molecule has 0 aliphatic heterocycles. The predicted molar refractivity (Wildman–Crippen MR) is 183 cm³/mol. The van der Waals surface area contributed by atoms with Crippen LogP contribution in [0.5, 0.6) is 0 Å². The first-order valence-electron chi connectivity index (χ1n) is 20.2. The van der Waals surface area contributed by atoms with Gasteiger partial charge in [-0.1, -0.05) is 139 Å². The highest BCUT2D eigenvalue weighted by molar-refractivity contribution is 6.22. The Labute approximate surface area is 267 Å². The highest BCUT2D eigenvalue weighted by Crippen LogP contribution is 2.45. The summed E-state index contributed by atoms with van der Waals surface area (Å²) < 4.78 is 121. The fourth-order valence-electron chi connectivity index (χ4n) is 6.20. The van der Waals surface area contributed by atoms with E-state index in [9.17, 15) is 5.48 Å². The molecule has 9 aromatic rings. The Balaban J connectivity index is 1.47. The van der Waals surface area contributed by atoms with Crippen LogP contribution >= 0.6 is 0 Å². The maximum absolute atomic E-state index is 9.23. The average molecular weight is 560 g/mol. The largest absolute Gasteiger partial charge is 0.456 e. The van der Waals surface area contributed by atoms with Crippen LogP contribution < -0.4 is 0 Å².